The van der Waals surface area contributed by atoms with Crippen molar-refractivity contribution in [2.24, 2.45) is 4.99 Å². The predicted molar refractivity (Wildman–Crippen MR) is 106 cm³/mol. The summed E-state index contributed by atoms with van der Waals surface area (Å²) >= 11 is 2.05. The summed E-state index contributed by atoms with van der Waals surface area (Å²) in [5, 5.41) is 6.82. The summed E-state index contributed by atoms with van der Waals surface area (Å²) in [6, 6.07) is 8.23. The third kappa shape index (κ3) is 4.69. The van der Waals surface area contributed by atoms with Crippen molar-refractivity contribution in [3.63, 3.8) is 0 Å². The summed E-state index contributed by atoms with van der Waals surface area (Å²) in [5.41, 5.74) is 2.18. The molecule has 1 unspecified atom stereocenters. The number of hydrogen-bond donors (Lipinski definition) is 2. The zero-order valence-corrected chi connectivity index (χ0v) is 16.0. The van der Waals surface area contributed by atoms with Crippen LogP contribution < -0.4 is 15.5 Å². The Morgan fingerprint density at radius 1 is 1.28 bits per heavy atom. The van der Waals surface area contributed by atoms with Gasteiger partial charge in [0.25, 0.3) is 0 Å². The van der Waals surface area contributed by atoms with Crippen LogP contribution in [0.25, 0.3) is 0 Å². The molecule has 0 radical (unpaired) electrons. The minimum Gasteiger partial charge on any atom is -0.355 e. The van der Waals surface area contributed by atoms with E-state index in [4.69, 9.17) is 0 Å². The third-order valence-corrected chi connectivity index (χ3v) is 6.47. The number of nitrogens with one attached hydrogen (secondary N) is 2. The molecule has 1 aromatic carbocycles. The van der Waals surface area contributed by atoms with Crippen LogP contribution in [0.1, 0.15) is 38.2 Å². The molecule has 0 bridgehead atoms. The van der Waals surface area contributed by atoms with Gasteiger partial charge in [-0.1, -0.05) is 12.1 Å². The first-order valence-corrected chi connectivity index (χ1v) is 10.1. The highest BCUT2D eigenvalue weighted by Crippen LogP contribution is 2.36. The quantitative estimate of drug-likeness (QED) is 0.626. The topological polar surface area (TPSA) is 56.7 Å². The lowest BCUT2D eigenvalue weighted by molar-refractivity contribution is -0.117. The Labute approximate surface area is 154 Å². The molecular weight excluding hydrogens is 332 g/mol. The van der Waals surface area contributed by atoms with E-state index in [1.807, 2.05) is 35.8 Å². The second-order valence-electron chi connectivity index (χ2n) is 7.00. The summed E-state index contributed by atoms with van der Waals surface area (Å²) < 4.78 is 0.321. The molecule has 136 valence electrons. The van der Waals surface area contributed by atoms with Gasteiger partial charge in [0.1, 0.15) is 0 Å². The maximum Gasteiger partial charge on any atom is 0.227 e. The van der Waals surface area contributed by atoms with E-state index >= 15 is 0 Å². The predicted octanol–water partition coefficient (Wildman–Crippen LogP) is 2.76. The van der Waals surface area contributed by atoms with E-state index in [0.29, 0.717) is 11.2 Å². The van der Waals surface area contributed by atoms with Crippen LogP contribution in [0.3, 0.4) is 0 Å². The molecular formula is C19H28N4OS. The van der Waals surface area contributed by atoms with Crippen LogP contribution in [0.2, 0.25) is 0 Å². The van der Waals surface area contributed by atoms with Gasteiger partial charge in [-0.25, -0.2) is 0 Å². The minimum absolute atomic E-state index is 0.230. The Bertz CT molecular complexity index is 623. The van der Waals surface area contributed by atoms with E-state index in [2.05, 4.69) is 34.7 Å². The maximum atomic E-state index is 11.8. The summed E-state index contributed by atoms with van der Waals surface area (Å²) in [4.78, 5) is 18.0. The first-order valence-electron chi connectivity index (χ1n) is 9.07. The van der Waals surface area contributed by atoms with Gasteiger partial charge >= 0.3 is 0 Å². The number of carbonyl (C=O) groups excluding carboxylic acids is 1. The van der Waals surface area contributed by atoms with Gasteiger partial charge in [-0.3, -0.25) is 9.79 Å². The molecule has 6 heteroatoms. The number of thioether (sulfide) groups is 1. The molecule has 2 aliphatic heterocycles. The molecule has 2 saturated heterocycles. The molecule has 0 saturated carbocycles. The van der Waals surface area contributed by atoms with E-state index in [9.17, 15) is 4.79 Å². The number of hydrogen-bond acceptors (Lipinski definition) is 3. The zero-order valence-electron chi connectivity index (χ0n) is 15.2. The molecule has 2 aliphatic rings. The molecule has 2 heterocycles. The lowest BCUT2D eigenvalue weighted by Gasteiger charge is -2.24. The van der Waals surface area contributed by atoms with Gasteiger partial charge in [-0.05, 0) is 49.6 Å². The van der Waals surface area contributed by atoms with Gasteiger partial charge in [-0.15, -0.1) is 0 Å². The number of benzene rings is 1. The first-order chi connectivity index (χ1) is 12.1. The van der Waals surface area contributed by atoms with E-state index in [-0.39, 0.29) is 5.91 Å². The standard InChI is InChI=1S/C19H28N4OS/c1-19(10-4-12-25-19)14-22-18(20-2)21-13-15-6-8-16(9-7-15)23-11-3-5-17(23)24/h6-9H,3-5,10-14H2,1-2H3,(H2,20,21,22). The Kier molecular flexibility index (Phi) is 5.89. The fourth-order valence-corrected chi connectivity index (χ4v) is 4.61. The number of rotatable bonds is 5. The van der Waals surface area contributed by atoms with Crippen molar-refractivity contribution >= 4 is 29.3 Å². The number of anilines is 1. The number of carbonyl (C=O) groups is 1. The molecule has 1 aromatic rings. The van der Waals surface area contributed by atoms with Gasteiger partial charge in [0, 0.05) is 43.5 Å². The monoisotopic (exact) mass is 360 g/mol. The molecule has 0 spiro atoms. The molecule has 1 atom stereocenters. The molecule has 1 amide bonds. The minimum atomic E-state index is 0.230. The molecule has 5 nitrogen and oxygen atoms in total. The van der Waals surface area contributed by atoms with Crippen molar-refractivity contribution < 1.29 is 4.79 Å². The average Bonchev–Trinajstić information content (AvgIpc) is 3.24. The number of amides is 1. The van der Waals surface area contributed by atoms with Crippen LogP contribution in [0.4, 0.5) is 5.69 Å². The second kappa shape index (κ2) is 8.13. The fourth-order valence-electron chi connectivity index (χ4n) is 3.37. The Hall–Kier alpha value is -1.69. The first kappa shape index (κ1) is 18.1. The van der Waals surface area contributed by atoms with Gasteiger partial charge in [0.05, 0.1) is 0 Å². The fraction of sp³-hybridized carbons (Fsp3) is 0.579. The van der Waals surface area contributed by atoms with Crippen molar-refractivity contribution in [3.8, 4) is 0 Å². The van der Waals surface area contributed by atoms with Crippen LogP contribution in [0.5, 0.6) is 0 Å². The van der Waals surface area contributed by atoms with Crippen LogP contribution in [0.15, 0.2) is 29.3 Å². The third-order valence-electron chi connectivity index (χ3n) is 4.94. The Morgan fingerprint density at radius 2 is 2.08 bits per heavy atom. The molecule has 3 rings (SSSR count). The number of guanidine groups is 1. The molecule has 0 aromatic heterocycles. The summed E-state index contributed by atoms with van der Waals surface area (Å²) in [5.74, 6) is 2.33. The van der Waals surface area contributed by atoms with Gasteiger partial charge in [0.15, 0.2) is 5.96 Å². The Balaban J connectivity index is 1.49. The van der Waals surface area contributed by atoms with Crippen LogP contribution in [-0.2, 0) is 11.3 Å². The van der Waals surface area contributed by atoms with Gasteiger partial charge < -0.3 is 15.5 Å². The summed E-state index contributed by atoms with van der Waals surface area (Å²) in [7, 11) is 1.81. The lowest BCUT2D eigenvalue weighted by atomic mass is 10.1. The SMILES string of the molecule is CN=C(NCc1ccc(N2CCCC2=O)cc1)NCC1(C)CCCS1. The van der Waals surface area contributed by atoms with Crippen molar-refractivity contribution in [2.75, 3.05) is 30.8 Å². The van der Waals surface area contributed by atoms with E-state index in [0.717, 1.165) is 37.7 Å². The lowest BCUT2D eigenvalue weighted by Crippen LogP contribution is -2.43. The zero-order chi connectivity index (χ0) is 17.7. The van der Waals surface area contributed by atoms with Crippen molar-refractivity contribution in [1.29, 1.82) is 0 Å². The van der Waals surface area contributed by atoms with Crippen LogP contribution in [-0.4, -0.2) is 42.5 Å². The molecule has 0 aliphatic carbocycles. The van der Waals surface area contributed by atoms with Gasteiger partial charge in [0.2, 0.25) is 5.91 Å². The smallest absolute Gasteiger partial charge is 0.227 e. The van der Waals surface area contributed by atoms with E-state index in [1.165, 1.54) is 24.2 Å². The molecule has 2 N–H and O–H groups in total. The van der Waals surface area contributed by atoms with Crippen molar-refractivity contribution in [2.45, 2.75) is 43.9 Å². The highest BCUT2D eigenvalue weighted by atomic mass is 32.2. The summed E-state index contributed by atoms with van der Waals surface area (Å²) in [6.45, 7) is 4.82. The van der Waals surface area contributed by atoms with Gasteiger partial charge in [-0.2, -0.15) is 11.8 Å². The highest BCUT2D eigenvalue weighted by molar-refractivity contribution is 8.00. The highest BCUT2D eigenvalue weighted by Gasteiger charge is 2.29. The Morgan fingerprint density at radius 3 is 2.68 bits per heavy atom. The average molecular weight is 361 g/mol. The normalized spacial score (nSPS) is 24.0. The van der Waals surface area contributed by atoms with E-state index < -0.39 is 0 Å². The molecule has 2 fully saturated rings. The number of aliphatic imine (C=N–C) groups is 1. The van der Waals surface area contributed by atoms with Crippen molar-refractivity contribution in [1.82, 2.24) is 10.6 Å². The second-order valence-corrected chi connectivity index (χ2v) is 8.68. The van der Waals surface area contributed by atoms with Crippen molar-refractivity contribution in [3.05, 3.63) is 29.8 Å². The van der Waals surface area contributed by atoms with Crippen LogP contribution in [0, 0.1) is 0 Å². The molecule has 25 heavy (non-hydrogen) atoms. The maximum absolute atomic E-state index is 11.8. The largest absolute Gasteiger partial charge is 0.355 e. The summed E-state index contributed by atoms with van der Waals surface area (Å²) in [6.07, 6.45) is 4.20. The van der Waals surface area contributed by atoms with E-state index in [1.54, 1.807) is 0 Å². The number of nitrogens with zero attached hydrogens (tertiary/aromatic N) is 2. The van der Waals surface area contributed by atoms with Crippen LogP contribution >= 0.6 is 11.8 Å².